The number of methoxy groups -OCH3 is 1. The highest BCUT2D eigenvalue weighted by Crippen LogP contribution is 2.41. The topological polar surface area (TPSA) is 93.9 Å². The lowest BCUT2D eigenvalue weighted by Crippen LogP contribution is -2.42. The fourth-order valence-corrected chi connectivity index (χ4v) is 6.22. The molecule has 5 rings (SSSR count). The van der Waals surface area contributed by atoms with Crippen LogP contribution in [0, 0.1) is 11.8 Å². The molecule has 8 heteroatoms. The van der Waals surface area contributed by atoms with Crippen LogP contribution in [0.1, 0.15) is 69.3 Å². The highest BCUT2D eigenvalue weighted by atomic mass is 16.5. The average molecular weight is 470 g/mol. The molecule has 4 atom stereocenters. The number of imidazole rings is 1. The van der Waals surface area contributed by atoms with Crippen molar-refractivity contribution in [3.63, 3.8) is 0 Å². The molecule has 1 aromatic carbocycles. The van der Waals surface area contributed by atoms with Crippen LogP contribution in [-0.2, 0) is 27.1 Å². The molecule has 1 saturated carbocycles. The van der Waals surface area contributed by atoms with Gasteiger partial charge >= 0.3 is 12.1 Å². The summed E-state index contributed by atoms with van der Waals surface area (Å²) in [6, 6.07) is 4.28. The maximum absolute atomic E-state index is 12.6. The molecule has 3 heterocycles. The number of benzene rings is 1. The van der Waals surface area contributed by atoms with Gasteiger partial charge in [0.2, 0.25) is 0 Å². The van der Waals surface area contributed by atoms with Gasteiger partial charge in [-0.15, -0.1) is 0 Å². The van der Waals surface area contributed by atoms with Gasteiger partial charge in [-0.3, -0.25) is 9.69 Å². The van der Waals surface area contributed by atoms with Crippen molar-refractivity contribution >= 4 is 28.8 Å². The fourth-order valence-electron chi connectivity index (χ4n) is 6.22. The van der Waals surface area contributed by atoms with E-state index >= 15 is 0 Å². The quantitative estimate of drug-likeness (QED) is 0.696. The molecule has 2 fully saturated rings. The first-order chi connectivity index (χ1) is 16.5. The zero-order chi connectivity index (χ0) is 23.8. The Kier molecular flexibility index (Phi) is 6.51. The number of aromatic nitrogens is 2. The summed E-state index contributed by atoms with van der Waals surface area (Å²) >= 11 is 0. The zero-order valence-corrected chi connectivity index (χ0v) is 20.2. The van der Waals surface area contributed by atoms with Crippen molar-refractivity contribution in [1.82, 2.24) is 9.55 Å². The predicted octanol–water partition coefficient (Wildman–Crippen LogP) is 4.73. The number of carbonyl (C=O) groups is 2. The number of nitrogens with zero attached hydrogens (tertiary/aromatic N) is 3. The van der Waals surface area contributed by atoms with Crippen LogP contribution in [0.2, 0.25) is 0 Å². The molecule has 1 aliphatic carbocycles. The SMILES string of the molecule is COC(=O)N1c2ccc3c(nc(C[C@H]4CCCOC4)n3[C@@H]3CCC[C@@H](C(=O)O)C3)c2CC[C@@H]1C. The molecule has 1 N–H and O–H groups in total. The maximum Gasteiger partial charge on any atom is 0.414 e. The average Bonchev–Trinajstić information content (AvgIpc) is 3.22. The number of carboxylic acids is 1. The van der Waals surface area contributed by atoms with Gasteiger partial charge in [0.25, 0.3) is 0 Å². The van der Waals surface area contributed by atoms with Crippen LogP contribution in [0.15, 0.2) is 12.1 Å². The van der Waals surface area contributed by atoms with E-state index in [1.165, 1.54) is 7.11 Å². The van der Waals surface area contributed by atoms with E-state index in [1.807, 2.05) is 13.0 Å². The molecular formula is C26H35N3O5. The van der Waals surface area contributed by atoms with E-state index in [9.17, 15) is 14.7 Å². The lowest BCUT2D eigenvalue weighted by molar-refractivity contribution is -0.143. The number of carbonyl (C=O) groups excluding carboxylic acids is 1. The Balaban J connectivity index is 1.60. The van der Waals surface area contributed by atoms with E-state index in [4.69, 9.17) is 14.5 Å². The number of carboxylic acid groups (broad SMARTS) is 1. The van der Waals surface area contributed by atoms with Gasteiger partial charge in [0.1, 0.15) is 5.82 Å². The third-order valence-electron chi connectivity index (χ3n) is 7.99. The zero-order valence-electron chi connectivity index (χ0n) is 20.2. The number of hydrogen-bond acceptors (Lipinski definition) is 5. The van der Waals surface area contributed by atoms with Gasteiger partial charge in [0, 0.05) is 37.3 Å². The molecule has 1 aromatic heterocycles. The first-order valence-corrected chi connectivity index (χ1v) is 12.7. The molecule has 0 bridgehead atoms. The molecule has 2 aromatic rings. The predicted molar refractivity (Wildman–Crippen MR) is 128 cm³/mol. The minimum atomic E-state index is -0.698. The first kappa shape index (κ1) is 23.1. The summed E-state index contributed by atoms with van der Waals surface area (Å²) < 4.78 is 13.2. The fraction of sp³-hybridized carbons (Fsp3) is 0.654. The molecule has 184 valence electrons. The van der Waals surface area contributed by atoms with E-state index in [1.54, 1.807) is 4.90 Å². The number of anilines is 1. The molecule has 0 radical (unpaired) electrons. The number of aliphatic carboxylic acids is 1. The molecule has 0 unspecified atom stereocenters. The van der Waals surface area contributed by atoms with Crippen molar-refractivity contribution in [2.24, 2.45) is 11.8 Å². The van der Waals surface area contributed by atoms with Gasteiger partial charge in [0.05, 0.1) is 29.7 Å². The lowest BCUT2D eigenvalue weighted by atomic mass is 9.85. The van der Waals surface area contributed by atoms with Crippen LogP contribution in [0.5, 0.6) is 0 Å². The number of amides is 1. The van der Waals surface area contributed by atoms with Crippen molar-refractivity contribution in [2.45, 2.75) is 76.8 Å². The molecule has 1 saturated heterocycles. The second-order valence-corrected chi connectivity index (χ2v) is 10.2. The number of hydrogen-bond donors (Lipinski definition) is 1. The van der Waals surface area contributed by atoms with Crippen LogP contribution < -0.4 is 4.90 Å². The van der Waals surface area contributed by atoms with E-state index < -0.39 is 5.97 Å². The minimum absolute atomic E-state index is 0.0630. The van der Waals surface area contributed by atoms with E-state index in [-0.39, 0.29) is 24.1 Å². The van der Waals surface area contributed by atoms with Crippen LogP contribution in [0.3, 0.4) is 0 Å². The molecule has 3 aliphatic rings. The molecule has 0 spiro atoms. The van der Waals surface area contributed by atoms with Gasteiger partial charge in [-0.25, -0.2) is 9.78 Å². The Hall–Kier alpha value is -2.61. The Bertz CT molecular complexity index is 1070. The van der Waals surface area contributed by atoms with E-state index in [0.29, 0.717) is 12.3 Å². The third kappa shape index (κ3) is 4.17. The molecule has 1 amide bonds. The highest BCUT2D eigenvalue weighted by molar-refractivity contribution is 5.95. The van der Waals surface area contributed by atoms with Gasteiger partial charge in [-0.1, -0.05) is 6.42 Å². The van der Waals surface area contributed by atoms with Crippen LogP contribution >= 0.6 is 0 Å². The Morgan fingerprint density at radius 3 is 2.79 bits per heavy atom. The van der Waals surface area contributed by atoms with Gasteiger partial charge in [-0.05, 0) is 69.9 Å². The normalized spacial score (nSPS) is 27.4. The molecule has 8 nitrogen and oxygen atoms in total. The van der Waals surface area contributed by atoms with Gasteiger partial charge < -0.3 is 19.1 Å². The van der Waals surface area contributed by atoms with Crippen molar-refractivity contribution in [3.8, 4) is 0 Å². The summed E-state index contributed by atoms with van der Waals surface area (Å²) in [5.41, 5.74) is 3.97. The summed E-state index contributed by atoms with van der Waals surface area (Å²) in [6.07, 6.45) is 7.63. The number of rotatable bonds is 4. The second kappa shape index (κ2) is 9.56. The smallest absolute Gasteiger partial charge is 0.414 e. The van der Waals surface area contributed by atoms with Gasteiger partial charge in [-0.2, -0.15) is 0 Å². The monoisotopic (exact) mass is 469 g/mol. The van der Waals surface area contributed by atoms with Crippen LogP contribution in [0.25, 0.3) is 11.0 Å². The Morgan fingerprint density at radius 2 is 2.06 bits per heavy atom. The lowest BCUT2D eigenvalue weighted by Gasteiger charge is -2.34. The molecule has 34 heavy (non-hydrogen) atoms. The molecule has 2 aliphatic heterocycles. The number of ether oxygens (including phenoxy) is 2. The summed E-state index contributed by atoms with van der Waals surface area (Å²) in [7, 11) is 1.42. The maximum atomic E-state index is 12.6. The third-order valence-corrected chi connectivity index (χ3v) is 7.99. The Morgan fingerprint density at radius 1 is 1.21 bits per heavy atom. The van der Waals surface area contributed by atoms with Crippen LogP contribution in [-0.4, -0.2) is 53.1 Å². The van der Waals surface area contributed by atoms with Crippen molar-refractivity contribution in [2.75, 3.05) is 25.2 Å². The van der Waals surface area contributed by atoms with Crippen molar-refractivity contribution in [3.05, 3.63) is 23.5 Å². The van der Waals surface area contributed by atoms with Crippen molar-refractivity contribution < 1.29 is 24.2 Å². The van der Waals surface area contributed by atoms with Gasteiger partial charge in [0.15, 0.2) is 0 Å². The van der Waals surface area contributed by atoms with E-state index in [0.717, 1.165) is 92.7 Å². The van der Waals surface area contributed by atoms with E-state index in [2.05, 4.69) is 10.6 Å². The Labute approximate surface area is 200 Å². The van der Waals surface area contributed by atoms with Crippen LogP contribution in [0.4, 0.5) is 10.5 Å². The minimum Gasteiger partial charge on any atom is -0.481 e. The summed E-state index contributed by atoms with van der Waals surface area (Å²) in [4.78, 5) is 31.3. The standard InChI is InChI=1S/C26H35N3O5/c1-16-8-9-20-21(28(16)26(32)33-2)10-11-22-24(20)27-23(13-17-5-4-12-34-15-17)29(22)19-7-3-6-18(14-19)25(30)31/h10-11,16-19H,3-9,12-15H2,1-2H3,(H,30,31)/t16-,17+,18+,19+/m0/s1. The second-order valence-electron chi connectivity index (χ2n) is 10.2. The summed E-state index contributed by atoms with van der Waals surface area (Å²) in [6.45, 7) is 3.62. The first-order valence-electron chi connectivity index (χ1n) is 12.7. The number of fused-ring (bicyclic) bond motifs is 3. The number of aryl methyl sites for hydroxylation is 1. The summed E-state index contributed by atoms with van der Waals surface area (Å²) in [5, 5.41) is 9.69. The van der Waals surface area contributed by atoms with Crippen molar-refractivity contribution in [1.29, 1.82) is 0 Å². The molecular weight excluding hydrogens is 434 g/mol. The highest BCUT2D eigenvalue weighted by Gasteiger charge is 2.34. The largest absolute Gasteiger partial charge is 0.481 e. The summed E-state index contributed by atoms with van der Waals surface area (Å²) in [5.74, 6) is 0.440.